The molecule has 0 atom stereocenters. The molecule has 2 N–H and O–H groups in total. The smallest absolute Gasteiger partial charge is 0.255 e. The van der Waals surface area contributed by atoms with Gasteiger partial charge in [-0.15, -0.1) is 0 Å². The number of nitrogens with zero attached hydrogens (tertiary/aromatic N) is 2. The predicted octanol–water partition coefficient (Wildman–Crippen LogP) is 3.69. The lowest BCUT2D eigenvalue weighted by atomic mass is 10.1. The van der Waals surface area contributed by atoms with E-state index >= 15 is 0 Å². The van der Waals surface area contributed by atoms with Crippen LogP contribution in [0.1, 0.15) is 16.8 Å². The van der Waals surface area contributed by atoms with Gasteiger partial charge in [0.05, 0.1) is 0 Å². The molecule has 3 rings (SSSR count). The number of carbonyl (C=O) groups is 1. The van der Waals surface area contributed by atoms with Gasteiger partial charge in [0.1, 0.15) is 12.4 Å². The zero-order valence-corrected chi connectivity index (χ0v) is 15.9. The molecule has 0 fully saturated rings. The third-order valence-corrected chi connectivity index (χ3v) is 4.02. The summed E-state index contributed by atoms with van der Waals surface area (Å²) in [7, 11) is 0. The largest absolute Gasteiger partial charge is 0.325 e. The van der Waals surface area contributed by atoms with E-state index in [1.54, 1.807) is 13.0 Å². The summed E-state index contributed by atoms with van der Waals surface area (Å²) in [6.45, 7) is 5.41. The molecule has 0 aliphatic heterocycles. The molecule has 1 heterocycles. The molecule has 0 radical (unpaired) electrons. The van der Waals surface area contributed by atoms with Gasteiger partial charge in [-0.1, -0.05) is 12.1 Å². The molecule has 2 aromatic carbocycles. The van der Waals surface area contributed by atoms with Crippen molar-refractivity contribution in [3.63, 3.8) is 0 Å². The van der Waals surface area contributed by atoms with Crippen LogP contribution in [0.5, 0.6) is 0 Å². The molecule has 0 bridgehead atoms. The van der Waals surface area contributed by atoms with Crippen molar-refractivity contribution >= 4 is 23.2 Å². The number of halogens is 1. The fraction of sp³-hybridized carbons (Fsp3) is 0.190. The SMILES string of the molecule is Cc1cc(C)cc(Nc2nc(C)cc(=O)n2CC(=O)Nc2cccc(F)c2)c1. The molecule has 28 heavy (non-hydrogen) atoms. The molecule has 0 saturated carbocycles. The Labute approximate surface area is 162 Å². The number of benzene rings is 2. The minimum atomic E-state index is -0.457. The van der Waals surface area contributed by atoms with E-state index in [1.807, 2.05) is 32.0 Å². The molecular formula is C21H21FN4O2. The Morgan fingerprint density at radius 1 is 1.04 bits per heavy atom. The van der Waals surface area contributed by atoms with Crippen LogP contribution in [0.25, 0.3) is 0 Å². The van der Waals surface area contributed by atoms with Crippen LogP contribution in [0.15, 0.2) is 53.3 Å². The van der Waals surface area contributed by atoms with Crippen molar-refractivity contribution in [2.45, 2.75) is 27.3 Å². The van der Waals surface area contributed by atoms with Crippen LogP contribution >= 0.6 is 0 Å². The maximum atomic E-state index is 13.3. The minimum Gasteiger partial charge on any atom is -0.325 e. The first kappa shape index (κ1) is 19.3. The molecular weight excluding hydrogens is 359 g/mol. The van der Waals surface area contributed by atoms with Crippen LogP contribution in [-0.2, 0) is 11.3 Å². The lowest BCUT2D eigenvalue weighted by Crippen LogP contribution is -2.30. The topological polar surface area (TPSA) is 76.0 Å². The van der Waals surface area contributed by atoms with E-state index in [2.05, 4.69) is 15.6 Å². The van der Waals surface area contributed by atoms with Gasteiger partial charge in [-0.2, -0.15) is 0 Å². The number of hydrogen-bond acceptors (Lipinski definition) is 4. The molecule has 0 aliphatic rings. The Morgan fingerprint density at radius 3 is 2.43 bits per heavy atom. The zero-order chi connectivity index (χ0) is 20.3. The van der Waals surface area contributed by atoms with E-state index in [0.29, 0.717) is 11.4 Å². The summed E-state index contributed by atoms with van der Waals surface area (Å²) in [5.74, 6) is -0.643. The maximum Gasteiger partial charge on any atom is 0.255 e. The zero-order valence-electron chi connectivity index (χ0n) is 15.9. The normalized spacial score (nSPS) is 10.6. The van der Waals surface area contributed by atoms with Crippen LogP contribution in [0, 0.1) is 26.6 Å². The van der Waals surface area contributed by atoms with Gasteiger partial charge < -0.3 is 10.6 Å². The van der Waals surface area contributed by atoms with Gasteiger partial charge in [-0.3, -0.25) is 14.2 Å². The third-order valence-electron chi connectivity index (χ3n) is 4.02. The standard InChI is InChI=1S/C21H21FN4O2/c1-13-7-14(2)9-18(8-13)25-21-23-15(3)10-20(28)26(21)12-19(27)24-17-6-4-5-16(22)11-17/h4-11H,12H2,1-3H3,(H,23,25)(H,24,27). The van der Waals surface area contributed by atoms with Crippen molar-refractivity contribution < 1.29 is 9.18 Å². The number of hydrogen-bond donors (Lipinski definition) is 2. The highest BCUT2D eigenvalue weighted by Gasteiger charge is 2.12. The highest BCUT2D eigenvalue weighted by atomic mass is 19.1. The van der Waals surface area contributed by atoms with Gasteiger partial charge in [-0.25, -0.2) is 9.37 Å². The average molecular weight is 380 g/mol. The van der Waals surface area contributed by atoms with Crippen LogP contribution in [-0.4, -0.2) is 15.5 Å². The summed E-state index contributed by atoms with van der Waals surface area (Å²) < 4.78 is 14.5. The van der Waals surface area contributed by atoms with E-state index in [-0.39, 0.29) is 18.1 Å². The molecule has 7 heteroatoms. The van der Waals surface area contributed by atoms with Gasteiger partial charge in [0.15, 0.2) is 0 Å². The van der Waals surface area contributed by atoms with Crippen LogP contribution < -0.4 is 16.2 Å². The Morgan fingerprint density at radius 2 is 1.75 bits per heavy atom. The minimum absolute atomic E-state index is 0.254. The van der Waals surface area contributed by atoms with Gasteiger partial charge in [0, 0.05) is 23.1 Å². The third kappa shape index (κ3) is 4.82. The van der Waals surface area contributed by atoms with Crippen molar-refractivity contribution in [2.24, 2.45) is 0 Å². The molecule has 0 aliphatic carbocycles. The van der Waals surface area contributed by atoms with Gasteiger partial charge in [0.25, 0.3) is 5.56 Å². The van der Waals surface area contributed by atoms with Crippen LogP contribution in [0.3, 0.4) is 0 Å². The number of anilines is 3. The highest BCUT2D eigenvalue weighted by molar-refractivity contribution is 5.90. The first-order valence-electron chi connectivity index (χ1n) is 8.79. The lowest BCUT2D eigenvalue weighted by molar-refractivity contribution is -0.116. The van der Waals surface area contributed by atoms with E-state index in [1.165, 1.54) is 28.8 Å². The quantitative estimate of drug-likeness (QED) is 0.708. The number of carbonyl (C=O) groups excluding carboxylic acids is 1. The Balaban J connectivity index is 1.88. The van der Waals surface area contributed by atoms with E-state index in [9.17, 15) is 14.0 Å². The fourth-order valence-electron chi connectivity index (χ4n) is 2.96. The number of amides is 1. The molecule has 144 valence electrons. The van der Waals surface area contributed by atoms with Crippen molar-refractivity contribution in [1.29, 1.82) is 0 Å². The molecule has 1 aromatic heterocycles. The highest BCUT2D eigenvalue weighted by Crippen LogP contribution is 2.18. The molecule has 1 amide bonds. The number of aryl methyl sites for hydroxylation is 3. The predicted molar refractivity (Wildman–Crippen MR) is 107 cm³/mol. The Bertz CT molecular complexity index is 1070. The van der Waals surface area contributed by atoms with Crippen LogP contribution in [0.2, 0.25) is 0 Å². The summed E-state index contributed by atoms with van der Waals surface area (Å²) >= 11 is 0. The summed E-state index contributed by atoms with van der Waals surface area (Å²) in [5, 5.41) is 5.71. The molecule has 0 spiro atoms. The number of rotatable bonds is 5. The van der Waals surface area contributed by atoms with Crippen molar-refractivity contribution in [3.8, 4) is 0 Å². The van der Waals surface area contributed by atoms with Gasteiger partial charge in [-0.05, 0) is 62.2 Å². The number of aromatic nitrogens is 2. The first-order chi connectivity index (χ1) is 13.3. The Kier molecular flexibility index (Phi) is 5.54. The van der Waals surface area contributed by atoms with E-state index < -0.39 is 11.7 Å². The lowest BCUT2D eigenvalue weighted by Gasteiger charge is -2.15. The summed E-state index contributed by atoms with van der Waals surface area (Å²) in [6, 6.07) is 12.8. The van der Waals surface area contributed by atoms with Crippen molar-refractivity contribution in [3.05, 3.63) is 81.5 Å². The molecule has 0 unspecified atom stereocenters. The van der Waals surface area contributed by atoms with Gasteiger partial charge >= 0.3 is 0 Å². The summed E-state index contributed by atoms with van der Waals surface area (Å²) in [5.41, 5.74) is 3.41. The maximum absolute atomic E-state index is 13.3. The molecule has 3 aromatic rings. The van der Waals surface area contributed by atoms with Crippen LogP contribution in [0.4, 0.5) is 21.7 Å². The summed E-state index contributed by atoms with van der Waals surface area (Å²) in [4.78, 5) is 29.2. The van der Waals surface area contributed by atoms with Gasteiger partial charge in [0.2, 0.25) is 11.9 Å². The fourth-order valence-corrected chi connectivity index (χ4v) is 2.96. The first-order valence-corrected chi connectivity index (χ1v) is 8.79. The van der Waals surface area contributed by atoms with E-state index in [0.717, 1.165) is 16.8 Å². The van der Waals surface area contributed by atoms with E-state index in [4.69, 9.17) is 0 Å². The second-order valence-electron chi connectivity index (χ2n) is 6.71. The molecule has 0 saturated heterocycles. The van der Waals surface area contributed by atoms with Crippen molar-refractivity contribution in [2.75, 3.05) is 10.6 Å². The summed E-state index contributed by atoms with van der Waals surface area (Å²) in [6.07, 6.45) is 0. The van der Waals surface area contributed by atoms with Crippen molar-refractivity contribution in [1.82, 2.24) is 9.55 Å². The Hall–Kier alpha value is -3.48. The molecule has 6 nitrogen and oxygen atoms in total. The second-order valence-corrected chi connectivity index (χ2v) is 6.71. The number of nitrogens with one attached hydrogen (secondary N) is 2. The second kappa shape index (κ2) is 8.04. The average Bonchev–Trinajstić information content (AvgIpc) is 2.57. The monoisotopic (exact) mass is 380 g/mol.